The van der Waals surface area contributed by atoms with E-state index >= 15 is 0 Å². The summed E-state index contributed by atoms with van der Waals surface area (Å²) in [5, 5.41) is 1.52. The van der Waals surface area contributed by atoms with Gasteiger partial charge in [-0.3, -0.25) is 9.69 Å². The van der Waals surface area contributed by atoms with Gasteiger partial charge in [0.15, 0.2) is 5.13 Å². The lowest BCUT2D eigenvalue weighted by Crippen LogP contribution is -2.34. The smallest absolute Gasteiger partial charge is 0.251 e. The molecule has 6 nitrogen and oxygen atoms in total. The predicted octanol–water partition coefficient (Wildman–Crippen LogP) is 2.63. The average molecular weight is 368 g/mol. The quantitative estimate of drug-likeness (QED) is 0.899. The van der Waals surface area contributed by atoms with Gasteiger partial charge in [-0.2, -0.15) is 0 Å². The Morgan fingerprint density at radius 3 is 2.92 bits per heavy atom. The van der Waals surface area contributed by atoms with E-state index in [2.05, 4.69) is 19.9 Å². The Balaban J connectivity index is 1.73. The molecule has 2 aromatic heterocycles. The number of anilines is 1. The number of aryl methyl sites for hydroxylation is 1. The molecule has 0 saturated carbocycles. The van der Waals surface area contributed by atoms with E-state index in [-0.39, 0.29) is 5.56 Å². The van der Waals surface area contributed by atoms with E-state index in [0.717, 1.165) is 48.2 Å². The van der Waals surface area contributed by atoms with Crippen LogP contribution in [0.15, 0.2) is 10.9 Å². The molecule has 3 rings (SSSR count). The summed E-state index contributed by atoms with van der Waals surface area (Å²) in [4.78, 5) is 28.8. The highest BCUT2D eigenvalue weighted by Crippen LogP contribution is 2.32. The fourth-order valence-electron chi connectivity index (χ4n) is 3.07. The standard InChI is InChI=1S/C16H22ClN5OS/c1-10-18-12(7-14(23)19-10)11-5-4-6-22(8-11)9-13-15(17)20-16(24-13)21(2)3/h7,11H,4-6,8-9H2,1-3H3,(H,18,19,23). The molecule has 3 heterocycles. The van der Waals surface area contributed by atoms with Gasteiger partial charge in [0.25, 0.3) is 5.56 Å². The maximum absolute atomic E-state index is 11.7. The van der Waals surface area contributed by atoms with Gasteiger partial charge in [-0.25, -0.2) is 9.97 Å². The molecule has 0 amide bonds. The number of thiazole rings is 1. The molecular formula is C16H22ClN5OS. The molecule has 1 aliphatic heterocycles. The zero-order chi connectivity index (χ0) is 17.3. The number of hydrogen-bond acceptors (Lipinski definition) is 6. The van der Waals surface area contributed by atoms with Gasteiger partial charge in [-0.15, -0.1) is 0 Å². The fourth-order valence-corrected chi connectivity index (χ4v) is 4.29. The second-order valence-corrected chi connectivity index (χ2v) is 7.85. The van der Waals surface area contributed by atoms with Crippen LogP contribution < -0.4 is 10.5 Å². The van der Waals surface area contributed by atoms with Crippen molar-refractivity contribution in [2.75, 3.05) is 32.1 Å². The molecule has 130 valence electrons. The number of aromatic nitrogens is 3. The average Bonchev–Trinajstić information content (AvgIpc) is 2.88. The van der Waals surface area contributed by atoms with Crippen molar-refractivity contribution in [2.24, 2.45) is 0 Å². The lowest BCUT2D eigenvalue weighted by atomic mass is 9.94. The number of nitrogens with zero attached hydrogens (tertiary/aromatic N) is 4. The highest BCUT2D eigenvalue weighted by atomic mass is 35.5. The summed E-state index contributed by atoms with van der Waals surface area (Å²) >= 11 is 7.93. The number of H-pyrrole nitrogens is 1. The summed E-state index contributed by atoms with van der Waals surface area (Å²) in [5.41, 5.74) is 0.820. The number of likely N-dealkylation sites (tertiary alicyclic amines) is 1. The normalized spacial score (nSPS) is 18.8. The van der Waals surface area contributed by atoms with Gasteiger partial charge < -0.3 is 9.88 Å². The number of rotatable bonds is 4. The van der Waals surface area contributed by atoms with E-state index in [1.807, 2.05) is 25.9 Å². The van der Waals surface area contributed by atoms with Gasteiger partial charge in [0.2, 0.25) is 0 Å². The molecule has 0 bridgehead atoms. The largest absolute Gasteiger partial charge is 0.354 e. The third kappa shape index (κ3) is 3.96. The number of nitrogens with one attached hydrogen (secondary N) is 1. The summed E-state index contributed by atoms with van der Waals surface area (Å²) in [7, 11) is 3.94. The first-order valence-corrected chi connectivity index (χ1v) is 9.24. The molecule has 0 radical (unpaired) electrons. The molecule has 1 N–H and O–H groups in total. The minimum atomic E-state index is -0.0734. The van der Waals surface area contributed by atoms with E-state index in [1.54, 1.807) is 17.4 Å². The van der Waals surface area contributed by atoms with Gasteiger partial charge >= 0.3 is 0 Å². The first-order chi connectivity index (χ1) is 11.4. The second kappa shape index (κ2) is 7.21. The van der Waals surface area contributed by atoms with Crippen LogP contribution in [0.1, 0.15) is 35.2 Å². The van der Waals surface area contributed by atoms with Crippen LogP contribution in [0.4, 0.5) is 5.13 Å². The van der Waals surface area contributed by atoms with Crippen LogP contribution in [0.5, 0.6) is 0 Å². The number of halogens is 1. The zero-order valence-electron chi connectivity index (χ0n) is 14.2. The molecule has 0 spiro atoms. The highest BCUT2D eigenvalue weighted by Gasteiger charge is 2.24. The van der Waals surface area contributed by atoms with Gasteiger partial charge in [-0.05, 0) is 26.3 Å². The predicted molar refractivity (Wildman–Crippen MR) is 98.3 cm³/mol. The molecular weight excluding hydrogens is 346 g/mol. The topological polar surface area (TPSA) is 65.1 Å². The van der Waals surface area contributed by atoms with Crippen LogP contribution in [-0.2, 0) is 6.54 Å². The third-order valence-electron chi connectivity index (χ3n) is 4.19. The van der Waals surface area contributed by atoms with Crippen molar-refractivity contribution in [1.29, 1.82) is 0 Å². The van der Waals surface area contributed by atoms with Crippen molar-refractivity contribution in [2.45, 2.75) is 32.2 Å². The number of hydrogen-bond donors (Lipinski definition) is 1. The van der Waals surface area contributed by atoms with Gasteiger partial charge in [0, 0.05) is 39.2 Å². The van der Waals surface area contributed by atoms with Crippen LogP contribution in [0.2, 0.25) is 5.15 Å². The Labute approximate surface area is 150 Å². The maximum atomic E-state index is 11.7. The molecule has 24 heavy (non-hydrogen) atoms. The summed E-state index contributed by atoms with van der Waals surface area (Å²) < 4.78 is 0. The first kappa shape index (κ1) is 17.4. The van der Waals surface area contributed by atoms with Crippen molar-refractivity contribution in [3.8, 4) is 0 Å². The van der Waals surface area contributed by atoms with Crippen LogP contribution in [-0.4, -0.2) is 47.0 Å². The van der Waals surface area contributed by atoms with Crippen LogP contribution in [0.25, 0.3) is 0 Å². The minimum Gasteiger partial charge on any atom is -0.354 e. The van der Waals surface area contributed by atoms with Gasteiger partial charge in [0.1, 0.15) is 11.0 Å². The molecule has 0 aliphatic carbocycles. The minimum absolute atomic E-state index is 0.0734. The van der Waals surface area contributed by atoms with Crippen molar-refractivity contribution in [3.63, 3.8) is 0 Å². The zero-order valence-corrected chi connectivity index (χ0v) is 15.7. The third-order valence-corrected chi connectivity index (χ3v) is 5.82. The van der Waals surface area contributed by atoms with E-state index in [0.29, 0.717) is 16.9 Å². The molecule has 0 aromatic carbocycles. The molecule has 8 heteroatoms. The highest BCUT2D eigenvalue weighted by molar-refractivity contribution is 7.16. The Morgan fingerprint density at radius 1 is 1.46 bits per heavy atom. The van der Waals surface area contributed by atoms with Gasteiger partial charge in [0.05, 0.1) is 10.6 Å². The summed E-state index contributed by atoms with van der Waals surface area (Å²) in [5.74, 6) is 0.968. The molecule has 1 saturated heterocycles. The van der Waals surface area contributed by atoms with Crippen molar-refractivity contribution in [1.82, 2.24) is 19.9 Å². The van der Waals surface area contributed by atoms with E-state index < -0.39 is 0 Å². The van der Waals surface area contributed by atoms with Crippen molar-refractivity contribution >= 4 is 28.1 Å². The maximum Gasteiger partial charge on any atom is 0.251 e. The SMILES string of the molecule is Cc1nc(C2CCCN(Cc3sc(N(C)C)nc3Cl)C2)cc(=O)[nH]1. The summed E-state index contributed by atoms with van der Waals surface area (Å²) in [6.07, 6.45) is 2.15. The van der Waals surface area contributed by atoms with Crippen LogP contribution in [0.3, 0.4) is 0 Å². The Morgan fingerprint density at radius 2 is 2.25 bits per heavy atom. The van der Waals surface area contributed by atoms with E-state index in [9.17, 15) is 4.79 Å². The number of piperidine rings is 1. The summed E-state index contributed by atoms with van der Waals surface area (Å²) in [6, 6.07) is 1.63. The second-order valence-electron chi connectivity index (χ2n) is 6.43. The molecule has 2 aromatic rings. The fraction of sp³-hybridized carbons (Fsp3) is 0.562. The Hall–Kier alpha value is -1.44. The van der Waals surface area contributed by atoms with Gasteiger partial charge in [-0.1, -0.05) is 22.9 Å². The molecule has 1 atom stereocenters. The Kier molecular flexibility index (Phi) is 5.22. The lowest BCUT2D eigenvalue weighted by molar-refractivity contribution is 0.200. The number of aromatic amines is 1. The molecule has 1 fully saturated rings. The van der Waals surface area contributed by atoms with Crippen molar-refractivity contribution < 1.29 is 0 Å². The van der Waals surface area contributed by atoms with Crippen molar-refractivity contribution in [3.05, 3.63) is 38.0 Å². The van der Waals surface area contributed by atoms with Crippen LogP contribution in [0, 0.1) is 6.92 Å². The molecule has 1 aliphatic rings. The van der Waals surface area contributed by atoms with E-state index in [4.69, 9.17) is 11.6 Å². The van der Waals surface area contributed by atoms with Crippen LogP contribution >= 0.6 is 22.9 Å². The summed E-state index contributed by atoms with van der Waals surface area (Å²) in [6.45, 7) is 4.54. The monoisotopic (exact) mass is 367 g/mol. The lowest BCUT2D eigenvalue weighted by Gasteiger charge is -2.32. The Bertz CT molecular complexity index is 772. The van der Waals surface area contributed by atoms with E-state index in [1.165, 1.54) is 0 Å². The first-order valence-electron chi connectivity index (χ1n) is 8.05. The molecule has 1 unspecified atom stereocenters.